The van der Waals surface area contributed by atoms with E-state index in [1.54, 1.807) is 6.20 Å². The van der Waals surface area contributed by atoms with Gasteiger partial charge in [0.25, 0.3) is 0 Å². The molecule has 1 aliphatic heterocycles. The van der Waals surface area contributed by atoms with E-state index in [1.807, 2.05) is 24.4 Å². The smallest absolute Gasteiger partial charge is 0.319 e. The molecule has 1 unspecified atom stereocenters. The van der Waals surface area contributed by atoms with Gasteiger partial charge in [0.05, 0.1) is 18.3 Å². The fraction of sp³-hybridized carbons (Fsp3) is 0.571. The Balaban J connectivity index is 1.74. The summed E-state index contributed by atoms with van der Waals surface area (Å²) in [6, 6.07) is 9.63. The monoisotopic (exact) mass is 466 g/mol. The number of nitrogens with one attached hydrogen (secondary N) is 2. The van der Waals surface area contributed by atoms with Gasteiger partial charge in [-0.15, -0.1) is 0 Å². The number of hydrogen-bond donors (Lipinski definition) is 2. The molecule has 2 N–H and O–H groups in total. The van der Waals surface area contributed by atoms with E-state index >= 15 is 0 Å². The van der Waals surface area contributed by atoms with Crippen LogP contribution in [0.5, 0.6) is 5.75 Å². The fourth-order valence-corrected chi connectivity index (χ4v) is 4.43. The van der Waals surface area contributed by atoms with E-state index in [0.29, 0.717) is 12.3 Å². The maximum absolute atomic E-state index is 13.1. The first-order chi connectivity index (χ1) is 16.4. The number of hydrogen-bond acceptors (Lipinski definition) is 4. The van der Waals surface area contributed by atoms with E-state index in [2.05, 4.69) is 60.3 Å². The summed E-state index contributed by atoms with van der Waals surface area (Å²) in [5.74, 6) is 0.739. The van der Waals surface area contributed by atoms with Crippen LogP contribution in [0.15, 0.2) is 42.7 Å². The van der Waals surface area contributed by atoms with E-state index in [9.17, 15) is 4.79 Å². The van der Waals surface area contributed by atoms with Gasteiger partial charge in [-0.3, -0.25) is 4.98 Å². The van der Waals surface area contributed by atoms with Crippen molar-refractivity contribution in [2.75, 3.05) is 29.9 Å². The highest BCUT2D eigenvalue weighted by Crippen LogP contribution is 2.34. The van der Waals surface area contributed by atoms with Crippen molar-refractivity contribution < 1.29 is 9.53 Å². The van der Waals surface area contributed by atoms with Crippen LogP contribution < -0.4 is 20.3 Å². The van der Waals surface area contributed by atoms with Crippen LogP contribution in [0.4, 0.5) is 16.2 Å². The highest BCUT2D eigenvalue weighted by atomic mass is 16.5. The summed E-state index contributed by atoms with van der Waals surface area (Å²) in [6.45, 7) is 11.3. The quantitative estimate of drug-likeness (QED) is 0.372. The second-order valence-corrected chi connectivity index (χ2v) is 10.3. The number of nitrogens with zero attached hydrogens (tertiary/aromatic N) is 2. The number of urea groups is 1. The number of unbranched alkanes of at least 4 members (excludes halogenated alkanes) is 3. The standard InChI is InChI=1S/C28H42N4O2/c1-5-6-7-11-19-34-25-20-23(32-17-9-8-10-18-32)14-15-24(25)30-27(33)31-26(28(2,3)4)22-13-12-16-29-21-22/h12-16,20-21,26H,5-11,17-19H2,1-4H3,(H2,30,31,33). The van der Waals surface area contributed by atoms with Crippen molar-refractivity contribution in [2.45, 2.75) is 78.7 Å². The van der Waals surface area contributed by atoms with Gasteiger partial charge in [0, 0.05) is 37.2 Å². The van der Waals surface area contributed by atoms with Gasteiger partial charge in [0.15, 0.2) is 0 Å². The first-order valence-corrected chi connectivity index (χ1v) is 12.9. The van der Waals surface area contributed by atoms with Crippen LogP contribution in [0.1, 0.15) is 84.2 Å². The first kappa shape index (κ1) is 25.9. The molecule has 34 heavy (non-hydrogen) atoms. The summed E-state index contributed by atoms with van der Waals surface area (Å²) in [7, 11) is 0. The fourth-order valence-electron chi connectivity index (χ4n) is 4.43. The molecule has 1 fully saturated rings. The largest absolute Gasteiger partial charge is 0.491 e. The molecule has 6 nitrogen and oxygen atoms in total. The molecule has 1 saturated heterocycles. The van der Waals surface area contributed by atoms with Gasteiger partial charge in [-0.2, -0.15) is 0 Å². The lowest BCUT2D eigenvalue weighted by atomic mass is 9.83. The molecule has 1 atom stereocenters. The van der Waals surface area contributed by atoms with Crippen molar-refractivity contribution in [1.82, 2.24) is 10.3 Å². The Morgan fingerprint density at radius 2 is 1.91 bits per heavy atom. The summed E-state index contributed by atoms with van der Waals surface area (Å²) < 4.78 is 6.19. The van der Waals surface area contributed by atoms with Gasteiger partial charge in [0.1, 0.15) is 5.75 Å². The number of pyridine rings is 1. The molecule has 0 aliphatic carbocycles. The molecule has 2 heterocycles. The Kier molecular flexibility index (Phi) is 9.61. The van der Waals surface area contributed by atoms with Crippen molar-refractivity contribution in [3.8, 4) is 5.75 Å². The lowest BCUT2D eigenvalue weighted by molar-refractivity contribution is 0.229. The number of amides is 2. The molecular formula is C28H42N4O2. The van der Waals surface area contributed by atoms with E-state index in [1.165, 1.54) is 32.1 Å². The summed E-state index contributed by atoms with van der Waals surface area (Å²) in [6.07, 6.45) is 11.9. The van der Waals surface area contributed by atoms with Gasteiger partial charge < -0.3 is 20.3 Å². The number of rotatable bonds is 10. The number of carbonyl (C=O) groups is 1. The average Bonchev–Trinajstić information content (AvgIpc) is 2.83. The van der Waals surface area contributed by atoms with Crippen LogP contribution in [0.25, 0.3) is 0 Å². The van der Waals surface area contributed by atoms with Gasteiger partial charge in [-0.25, -0.2) is 4.79 Å². The Labute approximate surface area is 205 Å². The number of benzene rings is 1. The van der Waals surface area contributed by atoms with Crippen molar-refractivity contribution in [2.24, 2.45) is 5.41 Å². The average molecular weight is 467 g/mol. The summed E-state index contributed by atoms with van der Waals surface area (Å²) >= 11 is 0. The summed E-state index contributed by atoms with van der Waals surface area (Å²) in [5, 5.41) is 6.21. The summed E-state index contributed by atoms with van der Waals surface area (Å²) in [4.78, 5) is 19.7. The predicted molar refractivity (Wildman–Crippen MR) is 141 cm³/mol. The zero-order valence-corrected chi connectivity index (χ0v) is 21.4. The molecule has 0 saturated carbocycles. The topological polar surface area (TPSA) is 66.5 Å². The molecule has 3 rings (SSSR count). The lowest BCUT2D eigenvalue weighted by Crippen LogP contribution is -2.39. The van der Waals surface area contributed by atoms with Crippen LogP contribution in [0.3, 0.4) is 0 Å². The molecule has 1 aliphatic rings. The molecule has 1 aromatic carbocycles. The number of piperidine rings is 1. The highest BCUT2D eigenvalue weighted by Gasteiger charge is 2.28. The van der Waals surface area contributed by atoms with E-state index < -0.39 is 0 Å². The molecule has 186 valence electrons. The van der Waals surface area contributed by atoms with Crippen molar-refractivity contribution in [3.05, 3.63) is 48.3 Å². The number of carbonyl (C=O) groups excluding carboxylic acids is 1. The van der Waals surface area contributed by atoms with Crippen LogP contribution >= 0.6 is 0 Å². The third-order valence-electron chi connectivity index (χ3n) is 6.35. The van der Waals surface area contributed by atoms with Crippen molar-refractivity contribution in [1.29, 1.82) is 0 Å². The van der Waals surface area contributed by atoms with Crippen molar-refractivity contribution >= 4 is 17.4 Å². The maximum atomic E-state index is 13.1. The minimum absolute atomic E-state index is 0.170. The van der Waals surface area contributed by atoms with Crippen molar-refractivity contribution in [3.63, 3.8) is 0 Å². The van der Waals surface area contributed by atoms with Crippen LogP contribution in [0, 0.1) is 5.41 Å². The molecule has 1 aromatic heterocycles. The van der Waals surface area contributed by atoms with Crippen LogP contribution in [-0.4, -0.2) is 30.7 Å². The van der Waals surface area contributed by atoms with Crippen LogP contribution in [-0.2, 0) is 0 Å². The molecule has 0 radical (unpaired) electrons. The highest BCUT2D eigenvalue weighted by molar-refractivity contribution is 5.91. The Hall–Kier alpha value is -2.76. The van der Waals surface area contributed by atoms with Gasteiger partial charge in [0.2, 0.25) is 0 Å². The molecular weight excluding hydrogens is 424 g/mol. The first-order valence-electron chi connectivity index (χ1n) is 12.9. The second kappa shape index (κ2) is 12.6. The van der Waals surface area contributed by atoms with E-state index in [0.717, 1.165) is 42.9 Å². The lowest BCUT2D eigenvalue weighted by Gasteiger charge is -2.32. The van der Waals surface area contributed by atoms with Crippen LogP contribution in [0.2, 0.25) is 0 Å². The van der Waals surface area contributed by atoms with Gasteiger partial charge in [-0.05, 0) is 54.9 Å². The number of ether oxygens (including phenoxy) is 1. The minimum Gasteiger partial charge on any atom is -0.491 e. The Bertz CT molecular complexity index is 889. The zero-order valence-electron chi connectivity index (χ0n) is 21.4. The minimum atomic E-state index is -0.245. The van der Waals surface area contributed by atoms with Gasteiger partial charge >= 0.3 is 6.03 Å². The molecule has 2 aromatic rings. The van der Waals surface area contributed by atoms with E-state index in [4.69, 9.17) is 4.74 Å². The molecule has 6 heteroatoms. The Morgan fingerprint density at radius 3 is 2.59 bits per heavy atom. The number of anilines is 2. The zero-order chi connectivity index (χ0) is 24.4. The Morgan fingerprint density at radius 1 is 1.12 bits per heavy atom. The molecule has 2 amide bonds. The SMILES string of the molecule is CCCCCCOc1cc(N2CCCCC2)ccc1NC(=O)NC(c1cccnc1)C(C)(C)C. The summed E-state index contributed by atoms with van der Waals surface area (Å²) in [5.41, 5.74) is 2.68. The van der Waals surface area contributed by atoms with Gasteiger partial charge in [-0.1, -0.05) is 53.0 Å². The molecule has 0 spiro atoms. The molecule has 0 bridgehead atoms. The third-order valence-corrected chi connectivity index (χ3v) is 6.35. The third kappa shape index (κ3) is 7.64. The maximum Gasteiger partial charge on any atom is 0.319 e. The second-order valence-electron chi connectivity index (χ2n) is 10.3. The van der Waals surface area contributed by atoms with E-state index in [-0.39, 0.29) is 17.5 Å². The number of aromatic nitrogens is 1. The predicted octanol–water partition coefficient (Wildman–Crippen LogP) is 6.94. The normalized spacial score (nSPS) is 15.0.